The Morgan fingerprint density at radius 1 is 1.15 bits per heavy atom. The third-order valence-corrected chi connectivity index (χ3v) is 1.92. The second kappa shape index (κ2) is 4.84. The van der Waals surface area contributed by atoms with E-state index in [4.69, 9.17) is 9.47 Å². The van der Waals surface area contributed by atoms with Gasteiger partial charge in [-0.2, -0.15) is 0 Å². The smallest absolute Gasteiger partial charge is 0.309 e. The summed E-state index contributed by atoms with van der Waals surface area (Å²) in [4.78, 5) is 22.2. The molecule has 1 saturated heterocycles. The van der Waals surface area contributed by atoms with Crippen LogP contribution in [-0.2, 0) is 19.1 Å². The molecule has 0 saturated carbocycles. The van der Waals surface area contributed by atoms with Crippen molar-refractivity contribution in [3.8, 4) is 0 Å². The van der Waals surface area contributed by atoms with Gasteiger partial charge in [-0.25, -0.2) is 0 Å². The van der Waals surface area contributed by atoms with Crippen molar-refractivity contribution in [1.82, 2.24) is 0 Å². The fourth-order valence-electron chi connectivity index (χ4n) is 1.10. The molecular formula is C9H14O4. The van der Waals surface area contributed by atoms with Gasteiger partial charge >= 0.3 is 11.9 Å². The molecule has 1 aliphatic rings. The van der Waals surface area contributed by atoms with E-state index in [1.165, 1.54) is 0 Å². The molecule has 4 heteroatoms. The molecule has 0 bridgehead atoms. The first-order valence-electron chi connectivity index (χ1n) is 4.52. The molecule has 0 aromatic heterocycles. The van der Waals surface area contributed by atoms with Crippen molar-refractivity contribution in [2.45, 2.75) is 26.2 Å². The van der Waals surface area contributed by atoms with E-state index in [2.05, 4.69) is 0 Å². The molecule has 1 heterocycles. The molecule has 0 aliphatic carbocycles. The van der Waals surface area contributed by atoms with E-state index in [1.807, 2.05) is 0 Å². The minimum atomic E-state index is -0.384. The van der Waals surface area contributed by atoms with Crippen molar-refractivity contribution in [2.24, 2.45) is 5.92 Å². The van der Waals surface area contributed by atoms with Gasteiger partial charge in [-0.3, -0.25) is 9.59 Å². The standard InChI is InChI=1S/C9H14O4/c1-7-6-8(10)12-4-2-3-5-13-9(7)11/h7H,2-6H2,1H3. The van der Waals surface area contributed by atoms with Gasteiger partial charge in [-0.15, -0.1) is 0 Å². The van der Waals surface area contributed by atoms with Crippen LogP contribution in [0.1, 0.15) is 26.2 Å². The lowest BCUT2D eigenvalue weighted by Gasteiger charge is -2.13. The number of hydrogen-bond donors (Lipinski definition) is 0. The van der Waals surface area contributed by atoms with Crippen molar-refractivity contribution >= 4 is 11.9 Å². The molecule has 0 aromatic rings. The highest BCUT2D eigenvalue weighted by Crippen LogP contribution is 2.08. The largest absolute Gasteiger partial charge is 0.466 e. The van der Waals surface area contributed by atoms with E-state index >= 15 is 0 Å². The number of carbonyl (C=O) groups excluding carboxylic acids is 2. The van der Waals surface area contributed by atoms with Crippen molar-refractivity contribution in [1.29, 1.82) is 0 Å². The first-order valence-corrected chi connectivity index (χ1v) is 4.52. The van der Waals surface area contributed by atoms with E-state index in [1.54, 1.807) is 6.92 Å². The van der Waals surface area contributed by atoms with E-state index < -0.39 is 0 Å². The molecule has 0 aromatic carbocycles. The van der Waals surface area contributed by atoms with E-state index in [9.17, 15) is 9.59 Å². The third kappa shape index (κ3) is 3.44. The summed E-state index contributed by atoms with van der Waals surface area (Å²) < 4.78 is 9.82. The number of cyclic esters (lactones) is 2. The molecule has 1 unspecified atom stereocenters. The molecule has 1 aliphatic heterocycles. The van der Waals surface area contributed by atoms with Crippen LogP contribution in [0, 0.1) is 5.92 Å². The zero-order valence-corrected chi connectivity index (χ0v) is 7.75. The molecule has 0 N–H and O–H groups in total. The minimum Gasteiger partial charge on any atom is -0.466 e. The summed E-state index contributed by atoms with van der Waals surface area (Å²) in [7, 11) is 0. The van der Waals surface area contributed by atoms with Gasteiger partial charge in [0.15, 0.2) is 0 Å². The minimum absolute atomic E-state index is 0.124. The molecule has 1 atom stereocenters. The normalized spacial score (nSPS) is 26.1. The highest BCUT2D eigenvalue weighted by Gasteiger charge is 2.19. The number of hydrogen-bond acceptors (Lipinski definition) is 4. The third-order valence-electron chi connectivity index (χ3n) is 1.92. The van der Waals surface area contributed by atoms with Crippen LogP contribution >= 0.6 is 0 Å². The highest BCUT2D eigenvalue weighted by molar-refractivity contribution is 5.79. The van der Waals surface area contributed by atoms with Crippen LogP contribution in [0.2, 0.25) is 0 Å². The Morgan fingerprint density at radius 2 is 1.77 bits per heavy atom. The van der Waals surface area contributed by atoms with Crippen LogP contribution in [0.4, 0.5) is 0 Å². The van der Waals surface area contributed by atoms with Crippen molar-refractivity contribution in [3.05, 3.63) is 0 Å². The molecule has 13 heavy (non-hydrogen) atoms. The number of esters is 2. The molecule has 1 fully saturated rings. The van der Waals surface area contributed by atoms with Crippen molar-refractivity contribution in [2.75, 3.05) is 13.2 Å². The Morgan fingerprint density at radius 3 is 2.46 bits per heavy atom. The zero-order valence-electron chi connectivity index (χ0n) is 7.75. The fourth-order valence-corrected chi connectivity index (χ4v) is 1.10. The fraction of sp³-hybridized carbons (Fsp3) is 0.778. The van der Waals surface area contributed by atoms with Crippen LogP contribution in [0.15, 0.2) is 0 Å². The molecule has 0 radical (unpaired) electrons. The second-order valence-corrected chi connectivity index (χ2v) is 3.20. The highest BCUT2D eigenvalue weighted by atomic mass is 16.5. The topological polar surface area (TPSA) is 52.6 Å². The Kier molecular flexibility index (Phi) is 3.73. The summed E-state index contributed by atoms with van der Waals surface area (Å²) in [6.07, 6.45) is 1.64. The Balaban J connectivity index is 2.47. The lowest BCUT2D eigenvalue weighted by Crippen LogP contribution is -2.21. The molecule has 74 valence electrons. The maximum Gasteiger partial charge on any atom is 0.309 e. The van der Waals surface area contributed by atoms with E-state index in [0.717, 1.165) is 12.8 Å². The first-order chi connectivity index (χ1) is 6.20. The molecular weight excluding hydrogens is 172 g/mol. The predicted molar refractivity (Wildman–Crippen MR) is 44.9 cm³/mol. The maximum atomic E-state index is 11.1. The van der Waals surface area contributed by atoms with Gasteiger partial charge in [-0.05, 0) is 12.8 Å². The van der Waals surface area contributed by atoms with Gasteiger partial charge in [0.05, 0.1) is 25.6 Å². The average molecular weight is 186 g/mol. The van der Waals surface area contributed by atoms with Crippen LogP contribution in [0.5, 0.6) is 0 Å². The lowest BCUT2D eigenvalue weighted by atomic mass is 10.1. The predicted octanol–water partition coefficient (Wildman–Crippen LogP) is 0.893. The molecule has 0 amide bonds. The van der Waals surface area contributed by atoms with E-state index in [0.29, 0.717) is 13.2 Å². The van der Waals surface area contributed by atoms with Crippen LogP contribution in [0.3, 0.4) is 0 Å². The van der Waals surface area contributed by atoms with E-state index in [-0.39, 0.29) is 24.3 Å². The Bertz CT molecular complexity index is 200. The quantitative estimate of drug-likeness (QED) is 0.527. The average Bonchev–Trinajstić information content (AvgIpc) is 2.09. The maximum absolute atomic E-state index is 11.1. The summed E-state index contributed by atoms with van der Waals surface area (Å²) >= 11 is 0. The Labute approximate surface area is 77.2 Å². The van der Waals surface area contributed by atoms with Crippen LogP contribution in [0.25, 0.3) is 0 Å². The Hall–Kier alpha value is -1.06. The van der Waals surface area contributed by atoms with Crippen molar-refractivity contribution < 1.29 is 19.1 Å². The summed E-state index contributed by atoms with van der Waals surface area (Å²) in [6, 6.07) is 0. The van der Waals surface area contributed by atoms with Crippen LogP contribution < -0.4 is 0 Å². The van der Waals surface area contributed by atoms with Gasteiger partial charge < -0.3 is 9.47 Å². The van der Waals surface area contributed by atoms with Gasteiger partial charge in [-0.1, -0.05) is 6.92 Å². The lowest BCUT2D eigenvalue weighted by molar-refractivity contribution is -0.156. The SMILES string of the molecule is CC1CC(=O)OCCCCOC1=O. The first kappa shape index (κ1) is 10.0. The number of rotatable bonds is 0. The van der Waals surface area contributed by atoms with Gasteiger partial charge in [0.2, 0.25) is 0 Å². The summed E-state index contributed by atoms with van der Waals surface area (Å²) in [5.74, 6) is -1.00. The summed E-state index contributed by atoms with van der Waals surface area (Å²) in [5.41, 5.74) is 0. The molecule has 0 spiro atoms. The molecule has 4 nitrogen and oxygen atoms in total. The second-order valence-electron chi connectivity index (χ2n) is 3.20. The van der Waals surface area contributed by atoms with Crippen molar-refractivity contribution in [3.63, 3.8) is 0 Å². The van der Waals surface area contributed by atoms with Gasteiger partial charge in [0.25, 0.3) is 0 Å². The summed E-state index contributed by atoms with van der Waals surface area (Å²) in [5, 5.41) is 0. The zero-order chi connectivity index (χ0) is 9.68. The number of ether oxygens (including phenoxy) is 2. The summed E-state index contributed by atoms with van der Waals surface area (Å²) in [6.45, 7) is 2.54. The van der Waals surface area contributed by atoms with Gasteiger partial charge in [0, 0.05) is 0 Å². The number of carbonyl (C=O) groups is 2. The van der Waals surface area contributed by atoms with Crippen LogP contribution in [-0.4, -0.2) is 25.2 Å². The van der Waals surface area contributed by atoms with Gasteiger partial charge in [0.1, 0.15) is 0 Å². The molecule has 1 rings (SSSR count). The monoisotopic (exact) mass is 186 g/mol.